The maximum atomic E-state index is 12.5. The number of fused-ring (bicyclic) bond motifs is 1. The van der Waals surface area contributed by atoms with E-state index in [0.29, 0.717) is 17.7 Å². The van der Waals surface area contributed by atoms with Gasteiger partial charge in [-0.3, -0.25) is 19.4 Å². The van der Waals surface area contributed by atoms with Crippen molar-refractivity contribution in [3.8, 4) is 0 Å². The summed E-state index contributed by atoms with van der Waals surface area (Å²) in [4.78, 5) is 39.9. The van der Waals surface area contributed by atoms with Gasteiger partial charge >= 0.3 is 6.03 Å². The zero-order chi connectivity index (χ0) is 18.7. The molecule has 0 aliphatic carbocycles. The van der Waals surface area contributed by atoms with Crippen LogP contribution in [0.1, 0.15) is 33.2 Å². The molecule has 0 unspecified atom stereocenters. The number of hydrogen-bond donors (Lipinski definition) is 1. The molecule has 1 aliphatic rings. The van der Waals surface area contributed by atoms with Gasteiger partial charge in [-0.25, -0.2) is 4.79 Å². The first-order valence-corrected chi connectivity index (χ1v) is 8.60. The number of anilines is 1. The highest BCUT2D eigenvalue weighted by atomic mass is 16.2. The van der Waals surface area contributed by atoms with Crippen molar-refractivity contribution in [2.75, 3.05) is 24.5 Å². The van der Waals surface area contributed by atoms with Gasteiger partial charge in [0.1, 0.15) is 0 Å². The zero-order valence-electron chi connectivity index (χ0n) is 14.9. The highest BCUT2D eigenvalue weighted by molar-refractivity contribution is 6.21. The van der Waals surface area contributed by atoms with Gasteiger partial charge in [0.25, 0.3) is 11.8 Å². The Labute approximate surface area is 152 Å². The summed E-state index contributed by atoms with van der Waals surface area (Å²) in [5, 5.41) is 2.79. The minimum atomic E-state index is -0.314. The first kappa shape index (κ1) is 17.7. The van der Waals surface area contributed by atoms with Gasteiger partial charge in [0.15, 0.2) is 0 Å². The van der Waals surface area contributed by atoms with Crippen LogP contribution in [-0.4, -0.2) is 42.4 Å². The summed E-state index contributed by atoms with van der Waals surface area (Å²) < 4.78 is 0. The third kappa shape index (κ3) is 3.31. The fraction of sp³-hybridized carbons (Fsp3) is 0.250. The largest absolute Gasteiger partial charge is 0.336 e. The van der Waals surface area contributed by atoms with Crippen molar-refractivity contribution < 1.29 is 14.4 Å². The molecule has 134 valence electrons. The molecule has 6 heteroatoms. The van der Waals surface area contributed by atoms with Crippen molar-refractivity contribution in [2.45, 2.75) is 13.8 Å². The number of nitrogens with one attached hydrogen (secondary N) is 1. The second kappa shape index (κ2) is 7.39. The number of aryl methyl sites for hydroxylation is 1. The van der Waals surface area contributed by atoms with E-state index in [9.17, 15) is 14.4 Å². The lowest BCUT2D eigenvalue weighted by Gasteiger charge is -2.22. The third-order valence-electron chi connectivity index (χ3n) is 4.36. The van der Waals surface area contributed by atoms with Crippen LogP contribution in [0.4, 0.5) is 10.5 Å². The highest BCUT2D eigenvalue weighted by Gasteiger charge is 2.34. The van der Waals surface area contributed by atoms with Crippen LogP contribution in [0, 0.1) is 6.92 Å². The minimum absolute atomic E-state index is 0.142. The van der Waals surface area contributed by atoms with E-state index in [0.717, 1.165) is 11.3 Å². The Morgan fingerprint density at radius 3 is 2.27 bits per heavy atom. The molecule has 1 aliphatic heterocycles. The standard InChI is InChI=1S/C20H21N3O3/c1-3-22(15-8-6-7-14(2)13-15)20(26)21-11-12-23-18(24)16-9-4-5-10-17(16)19(23)25/h4-10,13H,3,11-12H2,1-2H3,(H,21,26). The molecule has 0 saturated carbocycles. The molecule has 4 amide bonds. The molecule has 26 heavy (non-hydrogen) atoms. The van der Waals surface area contributed by atoms with Crippen molar-refractivity contribution in [3.63, 3.8) is 0 Å². The maximum Gasteiger partial charge on any atom is 0.321 e. The Morgan fingerprint density at radius 1 is 1.04 bits per heavy atom. The second-order valence-electron chi connectivity index (χ2n) is 6.12. The van der Waals surface area contributed by atoms with Gasteiger partial charge in [-0.2, -0.15) is 0 Å². The van der Waals surface area contributed by atoms with E-state index in [1.54, 1.807) is 29.2 Å². The molecule has 0 aromatic heterocycles. The van der Waals surface area contributed by atoms with E-state index >= 15 is 0 Å². The smallest absolute Gasteiger partial charge is 0.321 e. The molecule has 2 aromatic rings. The van der Waals surface area contributed by atoms with E-state index in [1.807, 2.05) is 38.1 Å². The molecule has 0 bridgehead atoms. The fourth-order valence-corrected chi connectivity index (χ4v) is 3.05. The number of nitrogens with zero attached hydrogens (tertiary/aromatic N) is 2. The lowest BCUT2D eigenvalue weighted by atomic mass is 10.1. The van der Waals surface area contributed by atoms with Crippen LogP contribution in [0.15, 0.2) is 48.5 Å². The van der Waals surface area contributed by atoms with Gasteiger partial charge in [-0.05, 0) is 43.7 Å². The van der Waals surface area contributed by atoms with Crippen molar-refractivity contribution in [3.05, 3.63) is 65.2 Å². The predicted molar refractivity (Wildman–Crippen MR) is 99.4 cm³/mol. The Bertz CT molecular complexity index is 828. The van der Waals surface area contributed by atoms with E-state index in [4.69, 9.17) is 0 Å². The molecule has 0 radical (unpaired) electrons. The molecular weight excluding hydrogens is 330 g/mol. The highest BCUT2D eigenvalue weighted by Crippen LogP contribution is 2.21. The van der Waals surface area contributed by atoms with Gasteiger partial charge in [-0.1, -0.05) is 24.3 Å². The van der Waals surface area contributed by atoms with Gasteiger partial charge in [0, 0.05) is 25.3 Å². The molecule has 1 heterocycles. The van der Waals surface area contributed by atoms with Crippen LogP contribution in [-0.2, 0) is 0 Å². The lowest BCUT2D eigenvalue weighted by molar-refractivity contribution is 0.0656. The second-order valence-corrected chi connectivity index (χ2v) is 6.12. The number of imide groups is 1. The van der Waals surface area contributed by atoms with Gasteiger partial charge in [0.05, 0.1) is 11.1 Å². The molecule has 6 nitrogen and oxygen atoms in total. The SMILES string of the molecule is CCN(C(=O)NCCN1C(=O)c2ccccc2C1=O)c1cccc(C)c1. The van der Waals surface area contributed by atoms with Crippen molar-refractivity contribution in [1.29, 1.82) is 0 Å². The van der Waals surface area contributed by atoms with E-state index in [1.165, 1.54) is 4.90 Å². The first-order chi connectivity index (χ1) is 12.5. The summed E-state index contributed by atoms with van der Waals surface area (Å²) >= 11 is 0. The van der Waals surface area contributed by atoms with Gasteiger partial charge in [-0.15, -0.1) is 0 Å². The van der Waals surface area contributed by atoms with E-state index in [-0.39, 0.29) is 30.9 Å². The number of amides is 4. The average Bonchev–Trinajstić information content (AvgIpc) is 2.88. The van der Waals surface area contributed by atoms with E-state index in [2.05, 4.69) is 5.32 Å². The number of rotatable bonds is 5. The predicted octanol–water partition coefficient (Wildman–Crippen LogP) is 2.83. The summed E-state index contributed by atoms with van der Waals surface area (Å²) in [6.45, 7) is 4.72. The number of carbonyl (C=O) groups is 3. The maximum absolute atomic E-state index is 12.5. The van der Waals surface area contributed by atoms with Crippen LogP contribution in [0.5, 0.6) is 0 Å². The third-order valence-corrected chi connectivity index (χ3v) is 4.36. The van der Waals surface area contributed by atoms with Crippen LogP contribution >= 0.6 is 0 Å². The van der Waals surface area contributed by atoms with Crippen LogP contribution in [0.2, 0.25) is 0 Å². The Hall–Kier alpha value is -3.15. The van der Waals surface area contributed by atoms with Crippen LogP contribution < -0.4 is 10.2 Å². The Kier molecular flexibility index (Phi) is 5.02. The molecule has 0 spiro atoms. The molecular formula is C20H21N3O3. The van der Waals surface area contributed by atoms with Crippen LogP contribution in [0.3, 0.4) is 0 Å². The Morgan fingerprint density at radius 2 is 1.69 bits per heavy atom. The number of urea groups is 1. The number of carbonyl (C=O) groups excluding carboxylic acids is 3. The molecule has 2 aromatic carbocycles. The van der Waals surface area contributed by atoms with Crippen molar-refractivity contribution in [1.82, 2.24) is 10.2 Å². The molecule has 1 N–H and O–H groups in total. The first-order valence-electron chi connectivity index (χ1n) is 8.60. The van der Waals surface area contributed by atoms with Crippen molar-refractivity contribution >= 4 is 23.5 Å². The quantitative estimate of drug-likeness (QED) is 0.842. The summed E-state index contributed by atoms with van der Waals surface area (Å²) in [6.07, 6.45) is 0. The molecule has 0 atom stereocenters. The normalized spacial score (nSPS) is 12.9. The molecule has 0 saturated heterocycles. The molecule has 0 fully saturated rings. The number of hydrogen-bond acceptors (Lipinski definition) is 3. The summed E-state index contributed by atoms with van der Waals surface area (Å²) in [5.74, 6) is -0.628. The van der Waals surface area contributed by atoms with E-state index < -0.39 is 0 Å². The van der Waals surface area contributed by atoms with Crippen LogP contribution in [0.25, 0.3) is 0 Å². The van der Waals surface area contributed by atoms with Gasteiger partial charge in [0.2, 0.25) is 0 Å². The summed E-state index contributed by atoms with van der Waals surface area (Å²) in [6, 6.07) is 14.2. The summed E-state index contributed by atoms with van der Waals surface area (Å²) in [5.41, 5.74) is 2.71. The topological polar surface area (TPSA) is 69.7 Å². The van der Waals surface area contributed by atoms with Gasteiger partial charge < -0.3 is 5.32 Å². The molecule has 3 rings (SSSR count). The minimum Gasteiger partial charge on any atom is -0.336 e. The Balaban J connectivity index is 1.60. The van der Waals surface area contributed by atoms with Crippen molar-refractivity contribution in [2.24, 2.45) is 0 Å². The summed E-state index contributed by atoms with van der Waals surface area (Å²) in [7, 11) is 0. The monoisotopic (exact) mass is 351 g/mol. The zero-order valence-corrected chi connectivity index (χ0v) is 14.9. The number of benzene rings is 2. The fourth-order valence-electron chi connectivity index (χ4n) is 3.05. The average molecular weight is 351 g/mol. The lowest BCUT2D eigenvalue weighted by Crippen LogP contribution is -2.44.